The fourth-order valence-corrected chi connectivity index (χ4v) is 4.01. The number of amides is 3. The predicted molar refractivity (Wildman–Crippen MR) is 127 cm³/mol. The lowest BCUT2D eigenvalue weighted by molar-refractivity contribution is -0.118. The van der Waals surface area contributed by atoms with Crippen molar-refractivity contribution in [3.05, 3.63) is 94.9 Å². The highest BCUT2D eigenvalue weighted by atomic mass is 32.2. The lowest BCUT2D eigenvalue weighted by atomic mass is 10.2. The molecule has 1 saturated heterocycles. The van der Waals surface area contributed by atoms with Crippen LogP contribution >= 0.6 is 11.8 Å². The number of hydrogen-bond acceptors (Lipinski definition) is 5. The Morgan fingerprint density at radius 1 is 0.969 bits per heavy atom. The summed E-state index contributed by atoms with van der Waals surface area (Å²) in [7, 11) is 0. The summed E-state index contributed by atoms with van der Waals surface area (Å²) in [5.74, 6) is -0.240. The monoisotopic (exact) mass is 444 g/mol. The molecule has 0 aliphatic carbocycles. The Balaban J connectivity index is 1.48. The summed E-state index contributed by atoms with van der Waals surface area (Å²) in [5, 5.41) is 2.46. The van der Waals surface area contributed by atoms with Crippen molar-refractivity contribution in [2.45, 2.75) is 6.92 Å². The minimum Gasteiger partial charge on any atom is -0.483 e. The molecule has 0 saturated carbocycles. The molecular weight excluding hydrogens is 424 g/mol. The molecule has 0 radical (unpaired) electrons. The van der Waals surface area contributed by atoms with Crippen LogP contribution in [0.3, 0.4) is 0 Å². The molecule has 3 amide bonds. The molecule has 0 atom stereocenters. The number of para-hydroxylation sites is 3. The van der Waals surface area contributed by atoms with Gasteiger partial charge in [-0.05, 0) is 54.6 Å². The molecule has 32 heavy (non-hydrogen) atoms. The van der Waals surface area contributed by atoms with Gasteiger partial charge in [0.05, 0.1) is 10.6 Å². The van der Waals surface area contributed by atoms with Crippen molar-refractivity contribution in [3.8, 4) is 5.75 Å². The minimum absolute atomic E-state index is 0.190. The first-order valence-corrected chi connectivity index (χ1v) is 10.7. The van der Waals surface area contributed by atoms with E-state index in [1.54, 1.807) is 54.6 Å². The van der Waals surface area contributed by atoms with Crippen molar-refractivity contribution in [3.63, 3.8) is 0 Å². The van der Waals surface area contributed by atoms with Crippen LogP contribution in [-0.4, -0.2) is 23.7 Å². The van der Waals surface area contributed by atoms with Crippen molar-refractivity contribution in [1.29, 1.82) is 0 Å². The number of anilines is 2. The Labute approximate surface area is 189 Å². The number of rotatable bonds is 6. The zero-order valence-corrected chi connectivity index (χ0v) is 18.1. The highest BCUT2D eigenvalue weighted by Gasteiger charge is 2.36. The highest BCUT2D eigenvalue weighted by Crippen LogP contribution is 2.36. The first-order valence-electron chi connectivity index (χ1n) is 9.93. The summed E-state index contributed by atoms with van der Waals surface area (Å²) in [6.45, 7) is 1.72. The standard InChI is InChI=1S/C25H20N2O4S/c1-17-9-5-7-13-20(17)26-23(28)16-31-21-14-8-6-10-18(21)15-22-24(29)27(25(30)32-22)19-11-3-2-4-12-19/h2-15H,16H2,1H3,(H,26,28)/b22-15+. The van der Waals surface area contributed by atoms with E-state index >= 15 is 0 Å². The number of aryl methyl sites for hydroxylation is 1. The first-order chi connectivity index (χ1) is 15.5. The largest absolute Gasteiger partial charge is 0.483 e. The van der Waals surface area contributed by atoms with Crippen LogP contribution < -0.4 is 15.0 Å². The Kier molecular flexibility index (Phi) is 6.37. The zero-order valence-electron chi connectivity index (χ0n) is 17.3. The summed E-state index contributed by atoms with van der Waals surface area (Å²) in [5.41, 5.74) is 2.81. The second kappa shape index (κ2) is 9.53. The van der Waals surface area contributed by atoms with Crippen LogP contribution in [0.15, 0.2) is 83.8 Å². The molecule has 3 aromatic rings. The molecular formula is C25H20N2O4S. The van der Waals surface area contributed by atoms with E-state index in [0.29, 0.717) is 21.9 Å². The van der Waals surface area contributed by atoms with Gasteiger partial charge < -0.3 is 10.1 Å². The third kappa shape index (κ3) is 4.73. The van der Waals surface area contributed by atoms with Gasteiger partial charge in [0.1, 0.15) is 5.75 Å². The van der Waals surface area contributed by atoms with Gasteiger partial charge in [0, 0.05) is 11.3 Å². The summed E-state index contributed by atoms with van der Waals surface area (Å²) in [6, 6.07) is 23.3. The fraction of sp³-hybridized carbons (Fsp3) is 0.0800. The smallest absolute Gasteiger partial charge is 0.298 e. The predicted octanol–water partition coefficient (Wildman–Crippen LogP) is 5.25. The van der Waals surface area contributed by atoms with E-state index < -0.39 is 5.91 Å². The Morgan fingerprint density at radius 3 is 2.44 bits per heavy atom. The second-order valence-electron chi connectivity index (χ2n) is 7.04. The highest BCUT2D eigenvalue weighted by molar-refractivity contribution is 8.19. The molecule has 0 unspecified atom stereocenters. The quantitative estimate of drug-likeness (QED) is 0.526. The maximum atomic E-state index is 12.8. The minimum atomic E-state index is -0.390. The summed E-state index contributed by atoms with van der Waals surface area (Å²) in [6.07, 6.45) is 1.61. The Morgan fingerprint density at radius 2 is 1.66 bits per heavy atom. The van der Waals surface area contributed by atoms with Gasteiger partial charge in [-0.2, -0.15) is 0 Å². The van der Waals surface area contributed by atoms with Gasteiger partial charge in [-0.25, -0.2) is 4.90 Å². The molecule has 160 valence electrons. The van der Waals surface area contributed by atoms with E-state index in [-0.39, 0.29) is 17.8 Å². The number of benzene rings is 3. The van der Waals surface area contributed by atoms with E-state index in [1.165, 1.54) is 0 Å². The molecule has 6 nitrogen and oxygen atoms in total. The van der Waals surface area contributed by atoms with Crippen LogP contribution in [0.4, 0.5) is 16.2 Å². The number of nitrogens with zero attached hydrogens (tertiary/aromatic N) is 1. The molecule has 0 bridgehead atoms. The summed E-state index contributed by atoms with van der Waals surface area (Å²) >= 11 is 0.872. The number of nitrogens with one attached hydrogen (secondary N) is 1. The maximum absolute atomic E-state index is 12.8. The number of ether oxygens (including phenoxy) is 1. The average molecular weight is 445 g/mol. The molecule has 1 fully saturated rings. The molecule has 1 aliphatic heterocycles. The molecule has 7 heteroatoms. The van der Waals surface area contributed by atoms with E-state index in [9.17, 15) is 14.4 Å². The Bertz CT molecular complexity index is 1210. The van der Waals surface area contributed by atoms with Crippen molar-refractivity contribution >= 4 is 46.3 Å². The number of carbonyl (C=O) groups is 3. The van der Waals surface area contributed by atoms with Crippen LogP contribution in [0, 0.1) is 6.92 Å². The normalized spacial score (nSPS) is 14.7. The summed E-state index contributed by atoms with van der Waals surface area (Å²) in [4.78, 5) is 39.0. The maximum Gasteiger partial charge on any atom is 0.298 e. The van der Waals surface area contributed by atoms with Gasteiger partial charge in [-0.3, -0.25) is 14.4 Å². The Hall–Kier alpha value is -3.84. The van der Waals surface area contributed by atoms with Crippen LogP contribution in [0.1, 0.15) is 11.1 Å². The second-order valence-corrected chi connectivity index (χ2v) is 8.04. The van der Waals surface area contributed by atoms with Crippen molar-refractivity contribution in [2.75, 3.05) is 16.8 Å². The molecule has 1 aliphatic rings. The number of imide groups is 1. The molecule has 3 aromatic carbocycles. The van der Waals surface area contributed by atoms with Crippen molar-refractivity contribution in [1.82, 2.24) is 0 Å². The van der Waals surface area contributed by atoms with E-state index in [4.69, 9.17) is 4.74 Å². The van der Waals surface area contributed by atoms with E-state index in [1.807, 2.05) is 37.3 Å². The van der Waals surface area contributed by atoms with Crippen LogP contribution in [-0.2, 0) is 9.59 Å². The molecule has 4 rings (SSSR count). The first kappa shape index (κ1) is 21.4. The third-order valence-corrected chi connectivity index (χ3v) is 5.66. The van der Waals surface area contributed by atoms with Gasteiger partial charge >= 0.3 is 0 Å². The lowest BCUT2D eigenvalue weighted by Gasteiger charge is -2.12. The van der Waals surface area contributed by atoms with E-state index in [2.05, 4.69) is 5.32 Å². The summed E-state index contributed by atoms with van der Waals surface area (Å²) < 4.78 is 5.72. The SMILES string of the molecule is Cc1ccccc1NC(=O)COc1ccccc1/C=C1/SC(=O)N(c2ccccc2)C1=O. The van der Waals surface area contributed by atoms with Gasteiger partial charge in [0.25, 0.3) is 17.1 Å². The number of thioether (sulfide) groups is 1. The van der Waals surface area contributed by atoms with Gasteiger partial charge in [0.2, 0.25) is 0 Å². The third-order valence-electron chi connectivity index (χ3n) is 4.79. The molecule has 1 N–H and O–H groups in total. The van der Waals surface area contributed by atoms with Gasteiger partial charge in [-0.1, -0.05) is 54.6 Å². The lowest BCUT2D eigenvalue weighted by Crippen LogP contribution is -2.27. The molecule has 0 aromatic heterocycles. The van der Waals surface area contributed by atoms with Gasteiger partial charge in [-0.15, -0.1) is 0 Å². The molecule has 0 spiro atoms. The number of hydrogen-bond donors (Lipinski definition) is 1. The fourth-order valence-electron chi connectivity index (χ4n) is 3.18. The van der Waals surface area contributed by atoms with Crippen LogP contribution in [0.25, 0.3) is 6.08 Å². The van der Waals surface area contributed by atoms with Crippen molar-refractivity contribution < 1.29 is 19.1 Å². The van der Waals surface area contributed by atoms with Crippen LogP contribution in [0.2, 0.25) is 0 Å². The van der Waals surface area contributed by atoms with E-state index in [0.717, 1.165) is 27.9 Å². The van der Waals surface area contributed by atoms with Gasteiger partial charge in [0.15, 0.2) is 6.61 Å². The average Bonchev–Trinajstić information content (AvgIpc) is 3.08. The molecule has 1 heterocycles. The zero-order chi connectivity index (χ0) is 22.5. The van der Waals surface area contributed by atoms with Crippen molar-refractivity contribution in [2.24, 2.45) is 0 Å². The van der Waals surface area contributed by atoms with Crippen LogP contribution in [0.5, 0.6) is 5.75 Å². The topological polar surface area (TPSA) is 75.7 Å². The number of carbonyl (C=O) groups excluding carboxylic acids is 3.